The van der Waals surface area contributed by atoms with Crippen LogP contribution >= 0.6 is 11.3 Å². The molecule has 1 aliphatic rings. The van der Waals surface area contributed by atoms with Crippen molar-refractivity contribution in [2.24, 2.45) is 0 Å². The first-order chi connectivity index (χ1) is 9.24. The molecule has 100 valence electrons. The second-order valence-electron chi connectivity index (χ2n) is 4.82. The number of aromatic nitrogens is 3. The van der Waals surface area contributed by atoms with Crippen LogP contribution in [-0.4, -0.2) is 26.7 Å². The zero-order valence-electron chi connectivity index (χ0n) is 10.8. The quantitative estimate of drug-likeness (QED) is 0.909. The number of hydrogen-bond acceptors (Lipinski definition) is 4. The first kappa shape index (κ1) is 12.3. The molecule has 0 aromatic carbocycles. The SMILES string of the molecule is Cc1nnc2n1CCC(NC(=O)c1ccsc1)CC2. The Morgan fingerprint density at radius 3 is 3.16 bits per heavy atom. The molecule has 3 rings (SSSR count). The van der Waals surface area contributed by atoms with Gasteiger partial charge in [0, 0.05) is 30.0 Å². The summed E-state index contributed by atoms with van der Waals surface area (Å²) in [5.74, 6) is 2.02. The van der Waals surface area contributed by atoms with Gasteiger partial charge in [0.25, 0.3) is 5.91 Å². The number of rotatable bonds is 2. The van der Waals surface area contributed by atoms with Crippen molar-refractivity contribution >= 4 is 17.2 Å². The van der Waals surface area contributed by atoms with E-state index >= 15 is 0 Å². The molecule has 2 aromatic rings. The number of fused-ring (bicyclic) bond motifs is 1. The number of hydrogen-bond donors (Lipinski definition) is 1. The average Bonchev–Trinajstić information content (AvgIpc) is 2.99. The summed E-state index contributed by atoms with van der Waals surface area (Å²) in [6.45, 7) is 2.85. The highest BCUT2D eigenvalue weighted by Gasteiger charge is 2.20. The summed E-state index contributed by atoms with van der Waals surface area (Å²) in [5, 5.41) is 15.2. The second kappa shape index (κ2) is 5.13. The van der Waals surface area contributed by atoms with Crippen LogP contribution in [0.15, 0.2) is 16.8 Å². The van der Waals surface area contributed by atoms with Gasteiger partial charge in [0.15, 0.2) is 0 Å². The molecule has 19 heavy (non-hydrogen) atoms. The van der Waals surface area contributed by atoms with E-state index in [1.54, 1.807) is 11.3 Å². The van der Waals surface area contributed by atoms with E-state index in [2.05, 4.69) is 20.1 Å². The molecule has 0 bridgehead atoms. The maximum absolute atomic E-state index is 12.0. The van der Waals surface area contributed by atoms with Crippen molar-refractivity contribution < 1.29 is 4.79 Å². The number of thiophene rings is 1. The highest BCUT2D eigenvalue weighted by atomic mass is 32.1. The fraction of sp³-hybridized carbons (Fsp3) is 0.462. The molecule has 1 amide bonds. The summed E-state index contributed by atoms with van der Waals surface area (Å²) in [4.78, 5) is 12.0. The van der Waals surface area contributed by atoms with Crippen molar-refractivity contribution in [2.45, 2.75) is 38.8 Å². The van der Waals surface area contributed by atoms with Crippen LogP contribution in [0.25, 0.3) is 0 Å². The van der Waals surface area contributed by atoms with Gasteiger partial charge >= 0.3 is 0 Å². The predicted molar refractivity (Wildman–Crippen MR) is 73.3 cm³/mol. The Bertz CT molecular complexity index is 575. The maximum atomic E-state index is 12.0. The molecule has 1 N–H and O–H groups in total. The van der Waals surface area contributed by atoms with Crippen molar-refractivity contribution in [3.05, 3.63) is 34.0 Å². The standard InChI is InChI=1S/C13H16N4OS/c1-9-15-16-12-3-2-11(4-6-17(9)12)14-13(18)10-5-7-19-8-10/h5,7-8,11H,2-4,6H2,1H3,(H,14,18). The lowest BCUT2D eigenvalue weighted by Gasteiger charge is -2.15. The van der Waals surface area contributed by atoms with Crippen molar-refractivity contribution in [3.63, 3.8) is 0 Å². The van der Waals surface area contributed by atoms with Crippen LogP contribution in [-0.2, 0) is 13.0 Å². The highest BCUT2D eigenvalue weighted by molar-refractivity contribution is 7.08. The number of nitrogens with zero attached hydrogens (tertiary/aromatic N) is 3. The largest absolute Gasteiger partial charge is 0.349 e. The van der Waals surface area contributed by atoms with Crippen molar-refractivity contribution in [2.75, 3.05) is 0 Å². The molecule has 0 fully saturated rings. The van der Waals surface area contributed by atoms with Crippen molar-refractivity contribution in [3.8, 4) is 0 Å². The van der Waals surface area contributed by atoms with Crippen LogP contribution in [0.1, 0.15) is 34.8 Å². The minimum absolute atomic E-state index is 0.0284. The lowest BCUT2D eigenvalue weighted by atomic mass is 10.1. The average molecular weight is 276 g/mol. The van der Waals surface area contributed by atoms with Crippen LogP contribution < -0.4 is 5.32 Å². The fourth-order valence-corrected chi connectivity index (χ4v) is 3.08. The molecule has 0 saturated carbocycles. The van der Waals surface area contributed by atoms with Gasteiger partial charge in [0.1, 0.15) is 11.6 Å². The Hall–Kier alpha value is -1.69. The number of nitrogens with one attached hydrogen (secondary N) is 1. The van der Waals surface area contributed by atoms with E-state index in [9.17, 15) is 4.79 Å². The van der Waals surface area contributed by atoms with Crippen molar-refractivity contribution in [1.82, 2.24) is 20.1 Å². The summed E-state index contributed by atoms with van der Waals surface area (Å²) >= 11 is 1.54. The molecular weight excluding hydrogens is 260 g/mol. The zero-order chi connectivity index (χ0) is 13.2. The Morgan fingerprint density at radius 1 is 1.47 bits per heavy atom. The Balaban J connectivity index is 1.64. The van der Waals surface area contributed by atoms with E-state index < -0.39 is 0 Å². The lowest BCUT2D eigenvalue weighted by molar-refractivity contribution is 0.0933. The molecule has 0 aliphatic carbocycles. The Morgan fingerprint density at radius 2 is 2.37 bits per heavy atom. The van der Waals surface area contributed by atoms with Crippen LogP contribution in [0, 0.1) is 6.92 Å². The van der Waals surface area contributed by atoms with Gasteiger partial charge in [-0.1, -0.05) is 0 Å². The number of amides is 1. The second-order valence-corrected chi connectivity index (χ2v) is 5.60. The Labute approximate surface area is 115 Å². The smallest absolute Gasteiger partial charge is 0.252 e. The summed E-state index contributed by atoms with van der Waals surface area (Å²) in [5.41, 5.74) is 0.754. The molecule has 1 atom stereocenters. The normalized spacial score (nSPS) is 18.7. The molecule has 3 heterocycles. The van der Waals surface area contributed by atoms with Crippen LogP contribution in [0.4, 0.5) is 0 Å². The zero-order valence-corrected chi connectivity index (χ0v) is 11.6. The van der Waals surface area contributed by atoms with Crippen LogP contribution in [0.2, 0.25) is 0 Å². The number of carbonyl (C=O) groups is 1. The minimum Gasteiger partial charge on any atom is -0.349 e. The van der Waals surface area contributed by atoms with E-state index in [1.807, 2.05) is 23.8 Å². The predicted octanol–water partition coefficient (Wildman–Crippen LogP) is 1.78. The topological polar surface area (TPSA) is 59.8 Å². The van der Waals surface area contributed by atoms with Gasteiger partial charge in [-0.3, -0.25) is 4.79 Å². The summed E-state index contributed by atoms with van der Waals surface area (Å²) in [6.07, 6.45) is 2.73. The molecule has 6 heteroatoms. The number of aryl methyl sites for hydroxylation is 2. The van der Waals surface area contributed by atoms with Gasteiger partial charge in [-0.2, -0.15) is 11.3 Å². The highest BCUT2D eigenvalue weighted by Crippen LogP contribution is 2.15. The van der Waals surface area contributed by atoms with Gasteiger partial charge in [-0.05, 0) is 31.2 Å². The minimum atomic E-state index is 0.0284. The molecule has 1 aliphatic heterocycles. The first-order valence-corrected chi connectivity index (χ1v) is 7.40. The molecule has 0 spiro atoms. The first-order valence-electron chi connectivity index (χ1n) is 6.46. The summed E-state index contributed by atoms with van der Waals surface area (Å²) < 4.78 is 2.15. The molecular formula is C13H16N4OS. The number of carbonyl (C=O) groups excluding carboxylic acids is 1. The van der Waals surface area contributed by atoms with Gasteiger partial charge in [0.05, 0.1) is 0 Å². The Kier molecular flexibility index (Phi) is 3.33. The van der Waals surface area contributed by atoms with E-state index in [0.29, 0.717) is 0 Å². The molecule has 2 aromatic heterocycles. The fourth-order valence-electron chi connectivity index (χ4n) is 2.44. The van der Waals surface area contributed by atoms with Crippen molar-refractivity contribution in [1.29, 1.82) is 0 Å². The van der Waals surface area contributed by atoms with E-state index in [1.165, 1.54) is 0 Å². The molecule has 1 unspecified atom stereocenters. The molecule has 0 saturated heterocycles. The lowest BCUT2D eigenvalue weighted by Crippen LogP contribution is -2.35. The van der Waals surface area contributed by atoms with E-state index in [0.717, 1.165) is 43.0 Å². The van der Waals surface area contributed by atoms with Gasteiger partial charge < -0.3 is 9.88 Å². The third kappa shape index (κ3) is 2.53. The molecule has 5 nitrogen and oxygen atoms in total. The molecule has 0 radical (unpaired) electrons. The van der Waals surface area contributed by atoms with Crippen LogP contribution in [0.5, 0.6) is 0 Å². The van der Waals surface area contributed by atoms with Gasteiger partial charge in [-0.25, -0.2) is 0 Å². The third-order valence-electron chi connectivity index (χ3n) is 3.55. The summed E-state index contributed by atoms with van der Waals surface area (Å²) in [6, 6.07) is 2.07. The third-order valence-corrected chi connectivity index (χ3v) is 4.23. The monoisotopic (exact) mass is 276 g/mol. The maximum Gasteiger partial charge on any atom is 0.252 e. The summed E-state index contributed by atoms with van der Waals surface area (Å²) in [7, 11) is 0. The van der Waals surface area contributed by atoms with Gasteiger partial charge in [0.2, 0.25) is 0 Å². The van der Waals surface area contributed by atoms with Gasteiger partial charge in [-0.15, -0.1) is 10.2 Å². The van der Waals surface area contributed by atoms with Crippen LogP contribution in [0.3, 0.4) is 0 Å². The van der Waals surface area contributed by atoms with E-state index in [4.69, 9.17) is 0 Å². The van der Waals surface area contributed by atoms with E-state index in [-0.39, 0.29) is 11.9 Å².